The maximum Gasteiger partial charge on any atom is 0.340 e. The molecule has 0 fully saturated rings. The van der Waals surface area contributed by atoms with Crippen LogP contribution in [0.5, 0.6) is 0 Å². The number of rotatable bonds is 7. The highest BCUT2D eigenvalue weighted by Crippen LogP contribution is 2.38. The van der Waals surface area contributed by atoms with Gasteiger partial charge in [-0.3, -0.25) is 9.59 Å². The van der Waals surface area contributed by atoms with Crippen LogP contribution in [0, 0.1) is 0 Å². The monoisotopic (exact) mass is 414 g/mol. The van der Waals surface area contributed by atoms with Gasteiger partial charge in [0, 0.05) is 16.3 Å². The van der Waals surface area contributed by atoms with E-state index >= 15 is 0 Å². The van der Waals surface area contributed by atoms with Gasteiger partial charge in [-0.25, -0.2) is 9.59 Å². The van der Waals surface area contributed by atoms with E-state index in [1.807, 2.05) is 0 Å². The van der Waals surface area contributed by atoms with Gasteiger partial charge in [0.05, 0.1) is 24.2 Å². The van der Waals surface area contributed by atoms with Crippen molar-refractivity contribution in [1.29, 1.82) is 0 Å². The van der Waals surface area contributed by atoms with Crippen LogP contribution in [0.2, 0.25) is 5.02 Å². The number of hydrogen-bond acceptors (Lipinski definition) is 7. The highest BCUT2D eigenvalue weighted by molar-refractivity contribution is 8.01. The Morgan fingerprint density at radius 2 is 1.85 bits per heavy atom. The van der Waals surface area contributed by atoms with Crippen molar-refractivity contribution < 1.29 is 28.7 Å². The molecule has 146 valence electrons. The molecule has 2 rings (SSSR count). The van der Waals surface area contributed by atoms with Crippen LogP contribution in [0.15, 0.2) is 23.1 Å². The summed E-state index contributed by atoms with van der Waals surface area (Å²) in [7, 11) is 0. The summed E-state index contributed by atoms with van der Waals surface area (Å²) in [6.07, 6.45) is -0.228. The molecule has 2 N–H and O–H groups in total. The van der Waals surface area contributed by atoms with Gasteiger partial charge in [-0.1, -0.05) is 11.6 Å². The molecule has 0 unspecified atom stereocenters. The fraction of sp³-hybridized carbons (Fsp3) is 0.412. The number of benzene rings is 1. The maximum atomic E-state index is 12.3. The number of carbonyl (C=O) groups excluding carboxylic acids is 4. The zero-order valence-electron chi connectivity index (χ0n) is 14.7. The normalized spacial score (nSPS) is 15.6. The average Bonchev–Trinajstić information content (AvgIpc) is 2.61. The minimum atomic E-state index is -1.57. The molecule has 2 amide bonds. The van der Waals surface area contributed by atoms with Crippen LogP contribution in [0.3, 0.4) is 0 Å². The molecule has 1 aliphatic heterocycles. The third kappa shape index (κ3) is 5.61. The second-order valence-corrected chi connectivity index (χ2v) is 7.13. The fourth-order valence-electron chi connectivity index (χ4n) is 2.31. The standard InChI is InChI=1S/C17H19ClN2O6S/c1-3-25-16(23)14(17(24)26-4-2)20-13(21)8-12-15(22)19-10-7-9(18)5-6-11(10)27-12/h5-7,12,14H,3-4,8H2,1-2H3,(H,19,22)(H,20,21)/t12-/m1/s1. The van der Waals surface area contributed by atoms with Crippen LogP contribution in [0.25, 0.3) is 0 Å². The summed E-state index contributed by atoms with van der Waals surface area (Å²) >= 11 is 7.10. The zero-order valence-corrected chi connectivity index (χ0v) is 16.3. The molecule has 0 bridgehead atoms. The van der Waals surface area contributed by atoms with Gasteiger partial charge in [-0.2, -0.15) is 0 Å². The van der Waals surface area contributed by atoms with Crippen LogP contribution >= 0.6 is 23.4 Å². The van der Waals surface area contributed by atoms with Crippen molar-refractivity contribution in [2.24, 2.45) is 0 Å². The van der Waals surface area contributed by atoms with E-state index in [-0.39, 0.29) is 25.5 Å². The van der Waals surface area contributed by atoms with Gasteiger partial charge in [0.2, 0.25) is 17.9 Å². The first-order chi connectivity index (χ1) is 12.8. The minimum absolute atomic E-state index is 0.0465. The Morgan fingerprint density at radius 3 is 2.44 bits per heavy atom. The molecule has 0 saturated heterocycles. The number of carbonyl (C=O) groups is 4. The zero-order chi connectivity index (χ0) is 20.0. The molecule has 0 aromatic heterocycles. The van der Waals surface area contributed by atoms with Gasteiger partial charge in [0.1, 0.15) is 0 Å². The van der Waals surface area contributed by atoms with Crippen LogP contribution < -0.4 is 10.6 Å². The number of thioether (sulfide) groups is 1. The predicted molar refractivity (Wildman–Crippen MR) is 99.5 cm³/mol. The van der Waals surface area contributed by atoms with Crippen molar-refractivity contribution >= 4 is 52.8 Å². The van der Waals surface area contributed by atoms with E-state index in [0.29, 0.717) is 10.7 Å². The maximum absolute atomic E-state index is 12.3. The third-order valence-electron chi connectivity index (χ3n) is 3.48. The van der Waals surface area contributed by atoms with Crippen LogP contribution in [0.1, 0.15) is 20.3 Å². The Labute approximate surface area is 165 Å². The molecule has 1 aromatic rings. The Balaban J connectivity index is 2.04. The summed E-state index contributed by atoms with van der Waals surface area (Å²) in [5.74, 6) is -2.84. The molecule has 27 heavy (non-hydrogen) atoms. The molecule has 0 radical (unpaired) electrons. The van der Waals surface area contributed by atoms with E-state index in [4.69, 9.17) is 21.1 Å². The SMILES string of the molecule is CCOC(=O)C(NC(=O)C[C@H]1Sc2ccc(Cl)cc2NC1=O)C(=O)OCC. The second kappa shape index (κ2) is 9.61. The van der Waals surface area contributed by atoms with Crippen LogP contribution in [-0.2, 0) is 28.7 Å². The molecule has 8 nitrogen and oxygen atoms in total. The van der Waals surface area contributed by atoms with E-state index in [1.54, 1.807) is 32.0 Å². The lowest BCUT2D eigenvalue weighted by molar-refractivity contribution is -0.159. The highest BCUT2D eigenvalue weighted by atomic mass is 35.5. The summed E-state index contributed by atoms with van der Waals surface area (Å²) in [5, 5.41) is 4.74. The van der Waals surface area contributed by atoms with E-state index in [1.165, 1.54) is 11.8 Å². The van der Waals surface area contributed by atoms with Gasteiger partial charge >= 0.3 is 11.9 Å². The highest BCUT2D eigenvalue weighted by Gasteiger charge is 2.34. The summed E-state index contributed by atoms with van der Waals surface area (Å²) in [4.78, 5) is 49.1. The summed E-state index contributed by atoms with van der Waals surface area (Å²) in [6.45, 7) is 3.25. The first-order valence-electron chi connectivity index (χ1n) is 8.25. The lowest BCUT2D eigenvalue weighted by Gasteiger charge is -2.24. The molecular formula is C17H19ClN2O6S. The van der Waals surface area contributed by atoms with Crippen molar-refractivity contribution in [1.82, 2.24) is 5.32 Å². The molecule has 1 aromatic carbocycles. The van der Waals surface area contributed by atoms with Crippen molar-refractivity contribution in [2.75, 3.05) is 18.5 Å². The van der Waals surface area contributed by atoms with Gasteiger partial charge in [0.25, 0.3) is 0 Å². The number of halogens is 1. The van der Waals surface area contributed by atoms with Crippen molar-refractivity contribution in [3.05, 3.63) is 23.2 Å². The van der Waals surface area contributed by atoms with Crippen molar-refractivity contribution in [2.45, 2.75) is 36.5 Å². The predicted octanol–water partition coefficient (Wildman–Crippen LogP) is 1.75. The van der Waals surface area contributed by atoms with Crippen molar-refractivity contribution in [3.8, 4) is 0 Å². The van der Waals surface area contributed by atoms with Crippen LogP contribution in [0.4, 0.5) is 5.69 Å². The Bertz CT molecular complexity index is 739. The number of nitrogens with one attached hydrogen (secondary N) is 2. The quantitative estimate of drug-likeness (QED) is 0.516. The molecule has 1 heterocycles. The third-order valence-corrected chi connectivity index (χ3v) is 4.99. The first kappa shape index (κ1) is 21.0. The van der Waals surface area contributed by atoms with Crippen LogP contribution in [-0.4, -0.2) is 48.3 Å². The topological polar surface area (TPSA) is 111 Å². The molecule has 0 saturated carbocycles. The number of esters is 2. The molecule has 10 heteroatoms. The largest absolute Gasteiger partial charge is 0.464 e. The molecule has 1 aliphatic rings. The smallest absolute Gasteiger partial charge is 0.340 e. The summed E-state index contributed by atoms with van der Waals surface area (Å²) < 4.78 is 9.58. The average molecular weight is 415 g/mol. The van der Waals surface area contributed by atoms with E-state index in [9.17, 15) is 19.2 Å². The summed E-state index contributed by atoms with van der Waals surface area (Å²) in [6, 6.07) is 3.47. The van der Waals surface area contributed by atoms with Gasteiger partial charge in [-0.05, 0) is 32.0 Å². The van der Waals surface area contributed by atoms with E-state index < -0.39 is 29.1 Å². The van der Waals surface area contributed by atoms with Crippen molar-refractivity contribution in [3.63, 3.8) is 0 Å². The molecule has 0 spiro atoms. The fourth-order valence-corrected chi connectivity index (χ4v) is 3.57. The Hall–Kier alpha value is -2.26. The Kier molecular flexibility index (Phi) is 7.49. The second-order valence-electron chi connectivity index (χ2n) is 5.44. The summed E-state index contributed by atoms with van der Waals surface area (Å²) in [5.41, 5.74) is 0.574. The number of ether oxygens (including phenoxy) is 2. The molecular weight excluding hydrogens is 396 g/mol. The van der Waals surface area contributed by atoms with E-state index in [2.05, 4.69) is 10.6 Å². The number of hydrogen-bond donors (Lipinski definition) is 2. The first-order valence-corrected chi connectivity index (χ1v) is 9.51. The van der Waals surface area contributed by atoms with Gasteiger partial charge < -0.3 is 20.1 Å². The lowest BCUT2D eigenvalue weighted by atomic mass is 10.2. The minimum Gasteiger partial charge on any atom is -0.464 e. The lowest BCUT2D eigenvalue weighted by Crippen LogP contribution is -2.49. The molecule has 1 atom stereocenters. The number of anilines is 1. The van der Waals surface area contributed by atoms with Gasteiger partial charge in [0.15, 0.2) is 0 Å². The van der Waals surface area contributed by atoms with E-state index in [0.717, 1.165) is 4.90 Å². The molecule has 0 aliphatic carbocycles. The Morgan fingerprint density at radius 1 is 1.22 bits per heavy atom. The number of amides is 2. The van der Waals surface area contributed by atoms with Gasteiger partial charge in [-0.15, -0.1) is 11.8 Å². The number of fused-ring (bicyclic) bond motifs is 1.